The molecule has 1 N–H and O–H groups in total. The molecule has 0 aromatic heterocycles. The largest absolute Gasteiger partial charge is 0.299 e. The van der Waals surface area contributed by atoms with Gasteiger partial charge in [0.25, 0.3) is 0 Å². The van der Waals surface area contributed by atoms with E-state index in [0.29, 0.717) is 12.2 Å². The summed E-state index contributed by atoms with van der Waals surface area (Å²) in [5, 5.41) is 9.91. The molecule has 0 aromatic carbocycles. The summed E-state index contributed by atoms with van der Waals surface area (Å²) in [6.45, 7) is 15.7. The van der Waals surface area contributed by atoms with Crippen molar-refractivity contribution in [2.45, 2.75) is 105 Å². The summed E-state index contributed by atoms with van der Waals surface area (Å²) in [5.41, 5.74) is -1.23. The molecule has 0 bridgehead atoms. The molecule has 0 amide bonds. The molecule has 0 radical (unpaired) electrons. The van der Waals surface area contributed by atoms with Crippen LogP contribution < -0.4 is 4.72 Å². The minimum absolute atomic E-state index is 0.0494. The van der Waals surface area contributed by atoms with Crippen LogP contribution in [0.15, 0.2) is 11.6 Å². The first-order valence-corrected chi connectivity index (χ1v) is 16.7. The first kappa shape index (κ1) is 28.1. The van der Waals surface area contributed by atoms with Crippen LogP contribution in [-0.4, -0.2) is 33.4 Å². The zero-order chi connectivity index (χ0) is 28.3. The monoisotopic (exact) mass is 540 g/mol. The third-order valence-corrected chi connectivity index (χ3v) is 13.7. The Kier molecular flexibility index (Phi) is 5.96. The summed E-state index contributed by atoms with van der Waals surface area (Å²) in [7, 11) is -2.44. The second kappa shape index (κ2) is 8.06. The van der Waals surface area contributed by atoms with Gasteiger partial charge in [0.15, 0.2) is 5.78 Å². The molecule has 5 nitrogen and oxygen atoms in total. The highest BCUT2D eigenvalue weighted by Crippen LogP contribution is 2.74. The first-order valence-electron chi connectivity index (χ1n) is 14.6. The summed E-state index contributed by atoms with van der Waals surface area (Å²) in [5.74, 6) is 4.47. The zero-order valence-corrected chi connectivity index (χ0v) is 25.6. The van der Waals surface area contributed by atoms with E-state index >= 15 is 0 Å². The molecule has 5 aliphatic carbocycles. The van der Waals surface area contributed by atoms with Gasteiger partial charge in [0, 0.05) is 39.3 Å². The number of ketones is 2. The van der Waals surface area contributed by atoms with Crippen molar-refractivity contribution in [1.29, 1.82) is 5.26 Å². The fourth-order valence-corrected chi connectivity index (χ4v) is 12.1. The fraction of sp³-hybridized carbons (Fsp3) is 0.812. The van der Waals surface area contributed by atoms with Gasteiger partial charge >= 0.3 is 0 Å². The van der Waals surface area contributed by atoms with Crippen molar-refractivity contribution in [2.75, 3.05) is 6.26 Å². The van der Waals surface area contributed by atoms with Gasteiger partial charge in [-0.3, -0.25) is 13.8 Å². The zero-order valence-electron chi connectivity index (χ0n) is 24.8. The minimum Gasteiger partial charge on any atom is -0.299 e. The standard InChI is InChI=1S/C32H48N2O3S/c1-27(2)12-14-32(34-38(8,9)37)15-13-31(7)25(21(32)18-27)22(35)16-24-29(5)17-20(19-33)26(36)28(3,4)23(29)10-11-30(24,31)6/h17,21,23-25H,8,10-16,18H2,1-7,9H3,(H,34,37)/t21?,23?,24?,25?,29-,30+,31+,32-,38?/m0/s1. The maximum atomic E-state index is 14.5. The van der Waals surface area contributed by atoms with Crippen molar-refractivity contribution in [3.8, 4) is 6.07 Å². The van der Waals surface area contributed by atoms with Crippen LogP contribution in [0.25, 0.3) is 0 Å². The highest BCUT2D eigenvalue weighted by Gasteiger charge is 2.72. The van der Waals surface area contributed by atoms with Gasteiger partial charge in [-0.2, -0.15) is 5.26 Å². The molecule has 38 heavy (non-hydrogen) atoms. The topological polar surface area (TPSA) is 87.0 Å². The number of rotatable bonds is 2. The third kappa shape index (κ3) is 3.63. The van der Waals surface area contributed by atoms with Crippen LogP contribution in [0.3, 0.4) is 0 Å². The molecule has 9 atom stereocenters. The Morgan fingerprint density at radius 2 is 1.61 bits per heavy atom. The Labute approximate surface area is 230 Å². The van der Waals surface area contributed by atoms with Crippen molar-refractivity contribution in [3.63, 3.8) is 0 Å². The SMILES string of the molecule is C=S(C)(=O)N[C@]12CCC(C)(C)CC1C1C(=O)CC3[C@@]4(C)C=C(C#N)C(=O)C(C)(C)C4CC[C@@]3(C)[C@]1(C)CC2. The minimum atomic E-state index is -2.44. The number of nitrogens with one attached hydrogen (secondary N) is 1. The van der Waals surface area contributed by atoms with E-state index in [0.717, 1.165) is 44.9 Å². The normalized spacial score (nSPS) is 48.8. The number of fused-ring (bicyclic) bond motifs is 7. The number of nitriles is 1. The average Bonchev–Trinajstić information content (AvgIpc) is 2.78. The first-order chi connectivity index (χ1) is 17.3. The highest BCUT2D eigenvalue weighted by molar-refractivity contribution is 7.97. The predicted octanol–water partition coefficient (Wildman–Crippen LogP) is 5.89. The molecule has 0 saturated heterocycles. The fourth-order valence-electron chi connectivity index (χ4n) is 10.9. The molecule has 5 rings (SSSR count). The van der Waals surface area contributed by atoms with Crippen LogP contribution in [-0.2, 0) is 19.3 Å². The van der Waals surface area contributed by atoms with Crippen LogP contribution in [0, 0.1) is 62.1 Å². The molecule has 0 aromatic rings. The molecule has 4 saturated carbocycles. The highest BCUT2D eigenvalue weighted by atomic mass is 32.2. The van der Waals surface area contributed by atoms with E-state index < -0.39 is 15.1 Å². The summed E-state index contributed by atoms with van der Waals surface area (Å²) in [6.07, 6.45) is 10.8. The molecule has 6 heteroatoms. The third-order valence-electron chi connectivity index (χ3n) is 12.9. The van der Waals surface area contributed by atoms with E-state index in [2.05, 4.69) is 51.3 Å². The lowest BCUT2D eigenvalue weighted by molar-refractivity contribution is -0.214. The molecule has 4 fully saturated rings. The summed E-state index contributed by atoms with van der Waals surface area (Å²) < 4.78 is 16.6. The number of allylic oxidation sites excluding steroid dienone is 2. The van der Waals surface area contributed by atoms with Crippen molar-refractivity contribution in [3.05, 3.63) is 11.6 Å². The lowest BCUT2D eigenvalue weighted by atomic mass is 9.32. The molecule has 5 unspecified atom stereocenters. The number of hydrogen-bond acceptors (Lipinski definition) is 4. The smallest absolute Gasteiger partial charge is 0.178 e. The Balaban J connectivity index is 1.64. The lowest BCUT2D eigenvalue weighted by Crippen LogP contribution is -2.72. The van der Waals surface area contributed by atoms with E-state index in [-0.39, 0.29) is 62.2 Å². The van der Waals surface area contributed by atoms with Crippen LogP contribution in [0.5, 0.6) is 0 Å². The number of hydrogen-bond donors (Lipinski definition) is 1. The van der Waals surface area contributed by atoms with E-state index in [4.69, 9.17) is 0 Å². The molecule has 210 valence electrons. The number of Topliss-reactive ketones (excluding diaryl/α,β-unsaturated/α-hetero) is 2. The quantitative estimate of drug-likeness (QED) is 0.443. The second-order valence-electron chi connectivity index (χ2n) is 16.0. The summed E-state index contributed by atoms with van der Waals surface area (Å²) >= 11 is 0. The number of carbonyl (C=O) groups excluding carboxylic acids is 2. The number of nitrogens with zero attached hydrogens (tertiary/aromatic N) is 1. The number of carbonyl (C=O) groups is 2. The maximum absolute atomic E-state index is 14.5. The van der Waals surface area contributed by atoms with Gasteiger partial charge in [-0.05, 0) is 90.2 Å². The average molecular weight is 541 g/mol. The van der Waals surface area contributed by atoms with E-state index in [1.54, 1.807) is 6.26 Å². The molecule has 0 spiro atoms. The van der Waals surface area contributed by atoms with Gasteiger partial charge in [0.2, 0.25) is 0 Å². The Morgan fingerprint density at radius 3 is 2.21 bits per heavy atom. The predicted molar refractivity (Wildman–Crippen MR) is 154 cm³/mol. The molecular formula is C32H48N2O3S. The lowest BCUT2D eigenvalue weighted by Gasteiger charge is -2.72. The molecule has 0 heterocycles. The van der Waals surface area contributed by atoms with Gasteiger partial charge in [-0.25, -0.2) is 4.72 Å². The maximum Gasteiger partial charge on any atom is 0.178 e. The van der Waals surface area contributed by atoms with Gasteiger partial charge in [0.05, 0.1) is 5.57 Å². The van der Waals surface area contributed by atoms with Crippen LogP contribution >= 0.6 is 0 Å². The molecule has 5 aliphatic rings. The van der Waals surface area contributed by atoms with Crippen molar-refractivity contribution >= 4 is 27.1 Å². The van der Waals surface area contributed by atoms with E-state index in [1.165, 1.54) is 0 Å². The van der Waals surface area contributed by atoms with Crippen molar-refractivity contribution < 1.29 is 13.8 Å². The van der Waals surface area contributed by atoms with Gasteiger partial charge < -0.3 is 0 Å². The second-order valence-corrected chi connectivity index (χ2v) is 18.2. The van der Waals surface area contributed by atoms with Crippen LogP contribution in [0.1, 0.15) is 99.8 Å². The summed E-state index contributed by atoms with van der Waals surface area (Å²) in [4.78, 5) is 27.8. The Morgan fingerprint density at radius 1 is 0.974 bits per heavy atom. The van der Waals surface area contributed by atoms with Gasteiger partial charge in [0.1, 0.15) is 11.9 Å². The van der Waals surface area contributed by atoms with E-state index in [1.807, 2.05) is 19.9 Å². The van der Waals surface area contributed by atoms with Gasteiger partial charge in [-0.1, -0.05) is 54.5 Å². The Hall–Kier alpha value is -1.45. The molecular weight excluding hydrogens is 492 g/mol. The van der Waals surface area contributed by atoms with Crippen LogP contribution in [0.2, 0.25) is 0 Å². The van der Waals surface area contributed by atoms with Crippen LogP contribution in [0.4, 0.5) is 0 Å². The molecule has 0 aliphatic heterocycles. The van der Waals surface area contributed by atoms with Gasteiger partial charge in [-0.15, -0.1) is 0 Å². The Bertz CT molecular complexity index is 1270. The van der Waals surface area contributed by atoms with Crippen molar-refractivity contribution in [2.24, 2.45) is 50.7 Å². The summed E-state index contributed by atoms with van der Waals surface area (Å²) in [6, 6.07) is 2.21. The van der Waals surface area contributed by atoms with Crippen molar-refractivity contribution in [1.82, 2.24) is 4.72 Å². The van der Waals surface area contributed by atoms with E-state index in [9.17, 15) is 19.1 Å².